The number of thiophene rings is 1. The molecule has 0 spiro atoms. The van der Waals surface area contributed by atoms with Gasteiger partial charge in [0.2, 0.25) is 0 Å². The van der Waals surface area contributed by atoms with E-state index in [9.17, 15) is 15.0 Å². The lowest BCUT2D eigenvalue weighted by molar-refractivity contribution is 0.129. The summed E-state index contributed by atoms with van der Waals surface area (Å²) in [5, 5.41) is 22.4. The van der Waals surface area contributed by atoms with Crippen molar-refractivity contribution < 1.29 is 15.0 Å². The minimum Gasteiger partial charge on any atom is -0.465 e. The van der Waals surface area contributed by atoms with E-state index in [1.165, 1.54) is 28.8 Å². The molecule has 2 unspecified atom stereocenters. The van der Waals surface area contributed by atoms with Gasteiger partial charge in [-0.15, -0.1) is 11.3 Å². The van der Waals surface area contributed by atoms with Crippen molar-refractivity contribution in [3.63, 3.8) is 0 Å². The van der Waals surface area contributed by atoms with E-state index < -0.39 is 18.2 Å². The molecule has 2 aromatic heterocycles. The maximum absolute atomic E-state index is 11.8. The smallest absolute Gasteiger partial charge is 0.408 e. The van der Waals surface area contributed by atoms with Crippen molar-refractivity contribution in [2.45, 2.75) is 18.6 Å². The molecule has 6 nitrogen and oxygen atoms in total. The van der Waals surface area contributed by atoms with Crippen molar-refractivity contribution in [2.75, 3.05) is 6.54 Å². The van der Waals surface area contributed by atoms with Gasteiger partial charge in [0.15, 0.2) is 0 Å². The van der Waals surface area contributed by atoms with Crippen LogP contribution in [0, 0.1) is 0 Å². The van der Waals surface area contributed by atoms with Crippen molar-refractivity contribution in [3.05, 3.63) is 80.5 Å². The number of rotatable bonds is 3. The van der Waals surface area contributed by atoms with Crippen LogP contribution in [-0.4, -0.2) is 37.7 Å². The minimum atomic E-state index is -0.963. The second-order valence-corrected chi connectivity index (χ2v) is 7.58. The van der Waals surface area contributed by atoms with Gasteiger partial charge in [-0.3, -0.25) is 4.90 Å². The summed E-state index contributed by atoms with van der Waals surface area (Å²) < 4.78 is 0. The fraction of sp³-hybridized carbons (Fsp3) is 0.211. The van der Waals surface area contributed by atoms with Crippen LogP contribution in [0.1, 0.15) is 39.3 Å². The lowest BCUT2D eigenvalue weighted by Crippen LogP contribution is -2.39. The zero-order chi connectivity index (χ0) is 19.0. The topological polar surface area (TPSA) is 86.5 Å². The fourth-order valence-electron chi connectivity index (χ4n) is 3.45. The Morgan fingerprint density at radius 3 is 2.96 bits per heavy atom. The summed E-state index contributed by atoms with van der Waals surface area (Å²) in [6, 6.07) is 9.32. The number of halogens is 1. The van der Waals surface area contributed by atoms with E-state index in [2.05, 4.69) is 9.97 Å². The number of hydrogen-bond donors (Lipinski definition) is 2. The molecule has 8 heteroatoms. The average Bonchev–Trinajstić information content (AvgIpc) is 3.16. The van der Waals surface area contributed by atoms with Gasteiger partial charge in [-0.05, 0) is 34.6 Å². The number of fused-ring (bicyclic) bond motifs is 1. The highest BCUT2D eigenvalue weighted by Crippen LogP contribution is 2.39. The predicted molar refractivity (Wildman–Crippen MR) is 102 cm³/mol. The van der Waals surface area contributed by atoms with Crippen LogP contribution in [0.2, 0.25) is 5.15 Å². The number of aromatic nitrogens is 2. The van der Waals surface area contributed by atoms with Crippen LogP contribution in [0.4, 0.5) is 4.79 Å². The van der Waals surface area contributed by atoms with E-state index in [1.54, 1.807) is 0 Å². The molecule has 1 aliphatic heterocycles. The maximum atomic E-state index is 11.8. The van der Waals surface area contributed by atoms with Crippen LogP contribution >= 0.6 is 22.9 Å². The number of aliphatic hydroxyl groups is 1. The van der Waals surface area contributed by atoms with E-state index in [-0.39, 0.29) is 5.15 Å². The first-order chi connectivity index (χ1) is 13.1. The summed E-state index contributed by atoms with van der Waals surface area (Å²) in [5.74, 6) is 0. The largest absolute Gasteiger partial charge is 0.465 e. The second kappa shape index (κ2) is 7.26. The Hall–Kier alpha value is -2.48. The highest BCUT2D eigenvalue weighted by atomic mass is 35.5. The number of carboxylic acid groups (broad SMARTS) is 1. The summed E-state index contributed by atoms with van der Waals surface area (Å²) in [6.45, 7) is 0.434. The molecule has 1 amide bonds. The van der Waals surface area contributed by atoms with Crippen molar-refractivity contribution in [1.82, 2.24) is 14.9 Å². The number of nitrogens with zero attached hydrogens (tertiary/aromatic N) is 3. The standard InChI is InChI=1S/C19H16ClN3O3S/c20-18-14(8-21-10-22-18)17(24)15-7-12(9-27-15)16-13-4-2-1-3-11(13)5-6-23(16)19(25)26/h1-4,7-10,16-17,24H,5-6H2,(H,25,26). The summed E-state index contributed by atoms with van der Waals surface area (Å²) >= 11 is 7.42. The van der Waals surface area contributed by atoms with Gasteiger partial charge in [0, 0.05) is 23.2 Å². The van der Waals surface area contributed by atoms with Crippen LogP contribution in [0.25, 0.3) is 0 Å². The Labute approximate surface area is 164 Å². The normalized spacial score (nSPS) is 17.4. The van der Waals surface area contributed by atoms with Crippen molar-refractivity contribution in [2.24, 2.45) is 0 Å². The molecule has 0 aliphatic carbocycles. The highest BCUT2D eigenvalue weighted by molar-refractivity contribution is 7.10. The molecule has 1 aliphatic rings. The Kier molecular flexibility index (Phi) is 4.82. The molecule has 1 aromatic carbocycles. The monoisotopic (exact) mass is 401 g/mol. The third-order valence-corrected chi connectivity index (χ3v) is 6.06. The summed E-state index contributed by atoms with van der Waals surface area (Å²) in [7, 11) is 0. The molecule has 0 fully saturated rings. The van der Waals surface area contributed by atoms with Crippen LogP contribution in [-0.2, 0) is 6.42 Å². The fourth-order valence-corrected chi connectivity index (χ4v) is 4.57. The maximum Gasteiger partial charge on any atom is 0.408 e. The minimum absolute atomic E-state index is 0.197. The van der Waals surface area contributed by atoms with Crippen LogP contribution in [0.15, 0.2) is 48.2 Å². The van der Waals surface area contributed by atoms with Gasteiger partial charge >= 0.3 is 6.09 Å². The van der Waals surface area contributed by atoms with Gasteiger partial charge < -0.3 is 10.2 Å². The number of amides is 1. The van der Waals surface area contributed by atoms with E-state index in [0.29, 0.717) is 23.4 Å². The van der Waals surface area contributed by atoms with Crippen molar-refractivity contribution in [3.8, 4) is 0 Å². The molecule has 27 heavy (non-hydrogen) atoms. The molecule has 2 N–H and O–H groups in total. The average molecular weight is 402 g/mol. The number of carbonyl (C=O) groups is 1. The molecule has 3 heterocycles. The van der Waals surface area contributed by atoms with E-state index >= 15 is 0 Å². The SMILES string of the molecule is O=C(O)N1CCc2ccccc2C1c1csc(C(O)c2cncnc2Cl)c1. The molecule has 0 radical (unpaired) electrons. The lowest BCUT2D eigenvalue weighted by atomic mass is 9.89. The van der Waals surface area contributed by atoms with Gasteiger partial charge in [-0.1, -0.05) is 35.9 Å². The van der Waals surface area contributed by atoms with Crippen LogP contribution in [0.5, 0.6) is 0 Å². The van der Waals surface area contributed by atoms with Crippen molar-refractivity contribution in [1.29, 1.82) is 0 Å². The number of benzene rings is 1. The Bertz CT molecular complexity index is 994. The quantitative estimate of drug-likeness (QED) is 0.650. The first kappa shape index (κ1) is 17.9. The number of hydrogen-bond acceptors (Lipinski definition) is 5. The predicted octanol–water partition coefficient (Wildman–Crippen LogP) is 3.90. The Balaban J connectivity index is 1.73. The second-order valence-electron chi connectivity index (χ2n) is 6.28. The third kappa shape index (κ3) is 3.29. The Morgan fingerprint density at radius 1 is 1.37 bits per heavy atom. The lowest BCUT2D eigenvalue weighted by Gasteiger charge is -2.35. The number of aliphatic hydroxyl groups excluding tert-OH is 1. The molecule has 3 aromatic rings. The first-order valence-electron chi connectivity index (χ1n) is 8.35. The molecule has 0 saturated carbocycles. The zero-order valence-electron chi connectivity index (χ0n) is 14.1. The highest BCUT2D eigenvalue weighted by Gasteiger charge is 2.33. The molecule has 2 atom stereocenters. The molecular formula is C19H16ClN3O3S. The molecule has 0 bridgehead atoms. The van der Waals surface area contributed by atoms with Gasteiger partial charge in [0.1, 0.15) is 17.6 Å². The molecule has 138 valence electrons. The summed E-state index contributed by atoms with van der Waals surface area (Å²) in [5.41, 5.74) is 3.38. The Morgan fingerprint density at radius 2 is 2.19 bits per heavy atom. The molecular weight excluding hydrogens is 386 g/mol. The van der Waals surface area contributed by atoms with Crippen LogP contribution < -0.4 is 0 Å². The molecule has 4 rings (SSSR count). The molecule has 0 saturated heterocycles. The third-order valence-electron chi connectivity index (χ3n) is 4.74. The summed E-state index contributed by atoms with van der Waals surface area (Å²) in [6.07, 6.45) is 1.58. The van der Waals surface area contributed by atoms with E-state index in [0.717, 1.165) is 16.7 Å². The first-order valence-corrected chi connectivity index (χ1v) is 9.61. The summed E-state index contributed by atoms with van der Waals surface area (Å²) in [4.78, 5) is 21.7. The van der Waals surface area contributed by atoms with E-state index in [1.807, 2.05) is 35.7 Å². The zero-order valence-corrected chi connectivity index (χ0v) is 15.7. The van der Waals surface area contributed by atoms with Crippen LogP contribution in [0.3, 0.4) is 0 Å². The van der Waals surface area contributed by atoms with E-state index in [4.69, 9.17) is 11.6 Å². The van der Waals surface area contributed by atoms with Gasteiger partial charge in [-0.2, -0.15) is 0 Å². The van der Waals surface area contributed by atoms with Gasteiger partial charge in [0.25, 0.3) is 0 Å². The van der Waals surface area contributed by atoms with Crippen molar-refractivity contribution >= 4 is 29.0 Å². The van der Waals surface area contributed by atoms with Gasteiger partial charge in [0.05, 0.1) is 6.04 Å². The van der Waals surface area contributed by atoms with Gasteiger partial charge in [-0.25, -0.2) is 14.8 Å².